The highest BCUT2D eigenvalue weighted by Gasteiger charge is 2.25. The molecule has 0 radical (unpaired) electrons. The van der Waals surface area contributed by atoms with Crippen molar-refractivity contribution in [3.63, 3.8) is 0 Å². The molecule has 0 amide bonds. The molecule has 1 saturated heterocycles. The number of nitrogens with zero attached hydrogens (tertiary/aromatic N) is 7. The molecule has 0 aliphatic carbocycles. The molecule has 0 spiro atoms. The molecule has 0 bridgehead atoms. The van der Waals surface area contributed by atoms with Gasteiger partial charge in [0.25, 0.3) is 0 Å². The third-order valence-corrected chi connectivity index (χ3v) is 7.11. The van der Waals surface area contributed by atoms with E-state index in [-0.39, 0.29) is 11.9 Å². The third kappa shape index (κ3) is 4.01. The summed E-state index contributed by atoms with van der Waals surface area (Å²) in [4.78, 5) is 15.9. The van der Waals surface area contributed by atoms with Gasteiger partial charge >= 0.3 is 0 Å². The molecule has 0 N–H and O–H groups in total. The molecule has 0 unspecified atom stereocenters. The lowest BCUT2D eigenvalue weighted by molar-refractivity contribution is 0.0985. The zero-order valence-corrected chi connectivity index (χ0v) is 21.6. The molecule has 38 heavy (non-hydrogen) atoms. The number of fused-ring (bicyclic) bond motifs is 1. The van der Waals surface area contributed by atoms with E-state index in [1.54, 1.807) is 10.7 Å². The van der Waals surface area contributed by atoms with Gasteiger partial charge in [0.2, 0.25) is 0 Å². The number of pyridine rings is 1. The topological polar surface area (TPSA) is 73.9 Å². The first kappa shape index (κ1) is 24.2. The monoisotopic (exact) mass is 515 g/mol. The molecular weight excluding hydrogens is 488 g/mol. The standard InChI is InChI=1S/C28H27F2N7O/c1-16-15-38-10-9-36(16)26-13-23(27-17(2)34-37(18(27)3)24-5-7-31-14-22(24)30)32-28(33-26)21-11-19(29)12-25-20(21)6-8-35(25)4/h5-8,11-14,16H,9-10,15H2,1-4H3/t16-/m1/s1. The van der Waals surface area contributed by atoms with Gasteiger partial charge in [-0.2, -0.15) is 5.10 Å². The number of hydrogen-bond acceptors (Lipinski definition) is 6. The smallest absolute Gasteiger partial charge is 0.167 e. The number of ether oxygens (including phenoxy) is 1. The second-order valence-electron chi connectivity index (χ2n) is 9.65. The fourth-order valence-corrected chi connectivity index (χ4v) is 5.21. The molecule has 1 fully saturated rings. The van der Waals surface area contributed by atoms with Crippen LogP contribution in [0.2, 0.25) is 0 Å². The second-order valence-corrected chi connectivity index (χ2v) is 9.65. The van der Waals surface area contributed by atoms with E-state index in [2.05, 4.69) is 21.9 Å². The predicted octanol–water partition coefficient (Wildman–Crippen LogP) is 5.00. The number of anilines is 1. The fourth-order valence-electron chi connectivity index (χ4n) is 5.21. The summed E-state index contributed by atoms with van der Waals surface area (Å²) >= 11 is 0. The van der Waals surface area contributed by atoms with Gasteiger partial charge in [0.15, 0.2) is 11.6 Å². The van der Waals surface area contributed by atoms with E-state index in [0.29, 0.717) is 48.2 Å². The molecule has 4 aromatic heterocycles. The average Bonchev–Trinajstić information content (AvgIpc) is 3.42. The van der Waals surface area contributed by atoms with E-state index in [4.69, 9.17) is 14.7 Å². The summed E-state index contributed by atoms with van der Waals surface area (Å²) in [6.07, 6.45) is 4.59. The number of aryl methyl sites for hydroxylation is 2. The van der Waals surface area contributed by atoms with Gasteiger partial charge in [0.05, 0.1) is 48.1 Å². The maximum Gasteiger partial charge on any atom is 0.167 e. The number of benzene rings is 1. The molecule has 1 aromatic carbocycles. The van der Waals surface area contributed by atoms with Crippen LogP contribution in [0.15, 0.2) is 48.9 Å². The zero-order chi connectivity index (χ0) is 26.6. The zero-order valence-electron chi connectivity index (χ0n) is 21.6. The van der Waals surface area contributed by atoms with Crippen molar-refractivity contribution in [1.82, 2.24) is 29.3 Å². The van der Waals surface area contributed by atoms with Crippen molar-refractivity contribution in [2.45, 2.75) is 26.8 Å². The minimum Gasteiger partial charge on any atom is -0.377 e. The SMILES string of the molecule is Cc1nn(-c2ccncc2F)c(C)c1-c1cc(N2CCOC[C@H]2C)nc(-c2cc(F)cc3c2ccn3C)n1. The highest BCUT2D eigenvalue weighted by atomic mass is 19.1. The van der Waals surface area contributed by atoms with Crippen LogP contribution in [0.3, 0.4) is 0 Å². The van der Waals surface area contributed by atoms with Crippen molar-refractivity contribution in [3.05, 3.63) is 71.9 Å². The molecule has 1 aliphatic heterocycles. The Hall–Kier alpha value is -4.18. The third-order valence-electron chi connectivity index (χ3n) is 7.11. The predicted molar refractivity (Wildman–Crippen MR) is 141 cm³/mol. The second kappa shape index (κ2) is 9.29. The number of aromatic nitrogens is 6. The van der Waals surface area contributed by atoms with E-state index in [1.165, 1.54) is 24.5 Å². The summed E-state index contributed by atoms with van der Waals surface area (Å²) < 4.78 is 38.5. The van der Waals surface area contributed by atoms with Crippen molar-refractivity contribution < 1.29 is 13.5 Å². The molecular formula is C28H27F2N7O. The maximum absolute atomic E-state index is 14.8. The Kier molecular flexibility index (Phi) is 5.91. The maximum atomic E-state index is 14.8. The molecule has 194 valence electrons. The van der Waals surface area contributed by atoms with Crippen LogP contribution in [-0.2, 0) is 11.8 Å². The summed E-state index contributed by atoms with van der Waals surface area (Å²) in [7, 11) is 1.88. The molecule has 1 atom stereocenters. The number of rotatable bonds is 4. The van der Waals surface area contributed by atoms with Crippen LogP contribution in [0.25, 0.3) is 39.2 Å². The van der Waals surface area contributed by atoms with Crippen molar-refractivity contribution in [3.8, 4) is 28.3 Å². The first-order chi connectivity index (χ1) is 18.3. The van der Waals surface area contributed by atoms with Gasteiger partial charge in [0, 0.05) is 48.6 Å². The van der Waals surface area contributed by atoms with E-state index in [1.807, 2.05) is 43.8 Å². The van der Waals surface area contributed by atoms with Crippen LogP contribution in [0.5, 0.6) is 0 Å². The summed E-state index contributed by atoms with van der Waals surface area (Å²) in [5, 5.41) is 5.49. The molecule has 8 nitrogen and oxygen atoms in total. The Morgan fingerprint density at radius 2 is 1.92 bits per heavy atom. The van der Waals surface area contributed by atoms with Crippen LogP contribution < -0.4 is 4.90 Å². The molecule has 10 heteroatoms. The van der Waals surface area contributed by atoms with Crippen LogP contribution in [0, 0.1) is 25.5 Å². The van der Waals surface area contributed by atoms with Crippen LogP contribution in [-0.4, -0.2) is 55.1 Å². The highest BCUT2D eigenvalue weighted by molar-refractivity contribution is 5.94. The van der Waals surface area contributed by atoms with Gasteiger partial charge in [-0.05, 0) is 45.0 Å². The Bertz CT molecular complexity index is 1680. The lowest BCUT2D eigenvalue weighted by Gasteiger charge is -2.34. The average molecular weight is 516 g/mol. The van der Waals surface area contributed by atoms with E-state index < -0.39 is 5.82 Å². The largest absolute Gasteiger partial charge is 0.377 e. The number of halogens is 2. The minimum absolute atomic E-state index is 0.0967. The Labute approximate surface area is 218 Å². The van der Waals surface area contributed by atoms with Crippen molar-refractivity contribution in [2.75, 3.05) is 24.7 Å². The van der Waals surface area contributed by atoms with Gasteiger partial charge in [-0.3, -0.25) is 4.98 Å². The summed E-state index contributed by atoms with van der Waals surface area (Å²) in [6.45, 7) is 7.66. The van der Waals surface area contributed by atoms with E-state index >= 15 is 0 Å². The first-order valence-electron chi connectivity index (χ1n) is 12.5. The first-order valence-corrected chi connectivity index (χ1v) is 12.5. The Morgan fingerprint density at radius 1 is 1.08 bits per heavy atom. The molecule has 5 aromatic rings. The number of hydrogen-bond donors (Lipinski definition) is 0. The lowest BCUT2D eigenvalue weighted by Crippen LogP contribution is -2.44. The molecule has 0 saturated carbocycles. The lowest BCUT2D eigenvalue weighted by atomic mass is 10.1. The van der Waals surface area contributed by atoms with Crippen molar-refractivity contribution in [1.29, 1.82) is 0 Å². The summed E-state index contributed by atoms with van der Waals surface area (Å²) in [5.74, 6) is 0.296. The molecule has 1 aliphatic rings. The quantitative estimate of drug-likeness (QED) is 0.335. The Balaban J connectivity index is 1.59. The highest BCUT2D eigenvalue weighted by Crippen LogP contribution is 2.35. The van der Waals surface area contributed by atoms with Crippen LogP contribution in [0.4, 0.5) is 14.6 Å². The Morgan fingerprint density at radius 3 is 2.71 bits per heavy atom. The van der Waals surface area contributed by atoms with E-state index in [0.717, 1.165) is 28.0 Å². The minimum atomic E-state index is -0.470. The van der Waals surface area contributed by atoms with E-state index in [9.17, 15) is 8.78 Å². The normalized spacial score (nSPS) is 15.9. The van der Waals surface area contributed by atoms with Gasteiger partial charge in [0.1, 0.15) is 17.3 Å². The number of morpholine rings is 1. The summed E-state index contributed by atoms with van der Waals surface area (Å²) in [6, 6.07) is 8.54. The van der Waals surface area contributed by atoms with Crippen molar-refractivity contribution >= 4 is 16.7 Å². The fraction of sp³-hybridized carbons (Fsp3) is 0.286. The van der Waals surface area contributed by atoms with Crippen LogP contribution >= 0.6 is 0 Å². The molecule has 6 rings (SSSR count). The summed E-state index contributed by atoms with van der Waals surface area (Å²) in [5.41, 5.74) is 4.48. The van der Waals surface area contributed by atoms with Gasteiger partial charge in [-0.25, -0.2) is 23.4 Å². The van der Waals surface area contributed by atoms with Crippen molar-refractivity contribution in [2.24, 2.45) is 7.05 Å². The van der Waals surface area contributed by atoms with Gasteiger partial charge in [-0.1, -0.05) is 0 Å². The van der Waals surface area contributed by atoms with Crippen LogP contribution in [0.1, 0.15) is 18.3 Å². The molecule has 5 heterocycles. The van der Waals surface area contributed by atoms with Gasteiger partial charge < -0.3 is 14.2 Å². The van der Waals surface area contributed by atoms with Gasteiger partial charge in [-0.15, -0.1) is 0 Å².